The second-order valence-electron chi connectivity index (χ2n) is 10.2. The Morgan fingerprint density at radius 2 is 1.40 bits per heavy atom. The van der Waals surface area contributed by atoms with Gasteiger partial charge >= 0.3 is 0 Å². The molecular formula is C31H32F2N4O2S. The fourth-order valence-corrected chi connectivity index (χ4v) is 6.17. The molecule has 0 amide bonds. The van der Waals surface area contributed by atoms with E-state index in [1.54, 1.807) is 48.5 Å². The molecule has 1 aliphatic rings. The number of likely N-dealkylation sites (tertiary alicyclic amines) is 1. The van der Waals surface area contributed by atoms with Crippen molar-refractivity contribution in [1.82, 2.24) is 19.3 Å². The highest BCUT2D eigenvalue weighted by atomic mass is 32.2. The predicted molar refractivity (Wildman–Crippen MR) is 151 cm³/mol. The van der Waals surface area contributed by atoms with Gasteiger partial charge in [-0.2, -0.15) is 8.42 Å². The number of piperidine rings is 1. The molecule has 0 radical (unpaired) electrons. The number of aromatic nitrogens is 3. The summed E-state index contributed by atoms with van der Waals surface area (Å²) < 4.78 is 53.7. The van der Waals surface area contributed by atoms with Crippen LogP contribution < -0.4 is 0 Å². The summed E-state index contributed by atoms with van der Waals surface area (Å²) in [5.41, 5.74) is 5.87. The molecule has 0 atom stereocenters. The fourth-order valence-electron chi connectivity index (χ4n) is 5.08. The van der Waals surface area contributed by atoms with Gasteiger partial charge in [0.25, 0.3) is 10.0 Å². The average Bonchev–Trinajstić information content (AvgIpc) is 3.44. The predicted octanol–water partition coefficient (Wildman–Crippen LogP) is 6.02. The third kappa shape index (κ3) is 6.54. The number of hydrogen-bond acceptors (Lipinski definition) is 5. The van der Waals surface area contributed by atoms with Crippen molar-refractivity contribution in [3.63, 3.8) is 0 Å². The van der Waals surface area contributed by atoms with Crippen LogP contribution in [0.15, 0.2) is 89.5 Å². The summed E-state index contributed by atoms with van der Waals surface area (Å²) >= 11 is 0. The first-order valence-corrected chi connectivity index (χ1v) is 14.9. The van der Waals surface area contributed by atoms with Gasteiger partial charge in [-0.15, -0.1) is 9.19 Å². The highest BCUT2D eigenvalue weighted by molar-refractivity contribution is 7.89. The molecule has 1 fully saturated rings. The maximum absolute atomic E-state index is 13.6. The van der Waals surface area contributed by atoms with Crippen LogP contribution in [0.5, 0.6) is 0 Å². The molecule has 0 unspecified atom stereocenters. The van der Waals surface area contributed by atoms with Crippen LogP contribution in [0, 0.1) is 18.6 Å². The molecule has 6 nitrogen and oxygen atoms in total. The van der Waals surface area contributed by atoms with Gasteiger partial charge in [-0.3, -0.25) is 0 Å². The molecule has 1 aromatic heterocycles. The van der Waals surface area contributed by atoms with E-state index < -0.39 is 10.0 Å². The Morgan fingerprint density at radius 1 is 0.825 bits per heavy atom. The first-order valence-electron chi connectivity index (χ1n) is 13.5. The molecule has 1 aliphatic heterocycles. The molecule has 5 rings (SSSR count). The summed E-state index contributed by atoms with van der Waals surface area (Å²) in [6.07, 6.45) is 5.75. The molecule has 0 bridgehead atoms. The Bertz CT molecular complexity index is 1520. The molecule has 2 heterocycles. The number of halogens is 2. The normalized spacial score (nSPS) is 14.4. The lowest BCUT2D eigenvalue weighted by Gasteiger charge is -2.30. The second kappa shape index (κ2) is 12.2. The number of rotatable bonds is 9. The molecule has 9 heteroatoms. The number of benzene rings is 3. The van der Waals surface area contributed by atoms with Crippen molar-refractivity contribution < 1.29 is 17.2 Å². The minimum absolute atomic E-state index is 0.190. The van der Waals surface area contributed by atoms with Crippen LogP contribution in [0.25, 0.3) is 5.57 Å². The summed E-state index contributed by atoms with van der Waals surface area (Å²) in [5.74, 6) is -0.560. The van der Waals surface area contributed by atoms with Gasteiger partial charge in [-0.05, 0) is 98.7 Å². The van der Waals surface area contributed by atoms with Gasteiger partial charge < -0.3 is 4.90 Å². The summed E-state index contributed by atoms with van der Waals surface area (Å²) in [6.45, 7) is 4.66. The van der Waals surface area contributed by atoms with Gasteiger partial charge in [0.15, 0.2) is 0 Å². The maximum Gasteiger partial charge on any atom is 0.284 e. The second-order valence-corrected chi connectivity index (χ2v) is 12.0. The highest BCUT2D eigenvalue weighted by Gasteiger charge is 2.20. The standard InChI is InChI=1S/C31H32F2N4O2S/c1-23-5-15-30(16-6-23)40(38,39)37-22-29(34-35-37)4-2-3-19-36-20-17-26(18-21-36)31(24-7-11-27(32)12-8-24)25-9-13-28(33)14-10-25/h5-16,22H,2-4,17-21H2,1H3. The van der Waals surface area contributed by atoms with E-state index in [0.717, 1.165) is 71.7 Å². The number of nitrogens with zero attached hydrogens (tertiary/aromatic N) is 4. The minimum atomic E-state index is -3.75. The summed E-state index contributed by atoms with van der Waals surface area (Å²) in [4.78, 5) is 2.62. The number of hydrogen-bond donors (Lipinski definition) is 0. The Kier molecular flexibility index (Phi) is 8.52. The van der Waals surface area contributed by atoms with Crippen molar-refractivity contribution in [2.75, 3.05) is 19.6 Å². The van der Waals surface area contributed by atoms with E-state index in [0.29, 0.717) is 12.1 Å². The van der Waals surface area contributed by atoms with E-state index >= 15 is 0 Å². The molecule has 0 spiro atoms. The Morgan fingerprint density at radius 3 is 1.98 bits per heavy atom. The van der Waals surface area contributed by atoms with Crippen molar-refractivity contribution in [2.24, 2.45) is 0 Å². The van der Waals surface area contributed by atoms with Crippen LogP contribution in [-0.2, 0) is 16.4 Å². The average molecular weight is 563 g/mol. The van der Waals surface area contributed by atoms with Crippen LogP contribution in [0.2, 0.25) is 0 Å². The van der Waals surface area contributed by atoms with Crippen molar-refractivity contribution in [1.29, 1.82) is 0 Å². The van der Waals surface area contributed by atoms with E-state index in [1.807, 2.05) is 6.92 Å². The topological polar surface area (TPSA) is 68.1 Å². The largest absolute Gasteiger partial charge is 0.303 e. The summed E-state index contributed by atoms with van der Waals surface area (Å²) in [6, 6.07) is 19.7. The maximum atomic E-state index is 13.6. The van der Waals surface area contributed by atoms with Crippen LogP contribution in [0.1, 0.15) is 48.1 Å². The minimum Gasteiger partial charge on any atom is -0.303 e. The lowest BCUT2D eigenvalue weighted by Crippen LogP contribution is -2.32. The molecule has 0 saturated carbocycles. The molecular weight excluding hydrogens is 530 g/mol. The van der Waals surface area contributed by atoms with Crippen LogP contribution >= 0.6 is 0 Å². The summed E-state index contributed by atoms with van der Waals surface area (Å²) in [5, 5.41) is 7.94. The van der Waals surface area contributed by atoms with E-state index in [4.69, 9.17) is 0 Å². The van der Waals surface area contributed by atoms with Crippen molar-refractivity contribution in [3.8, 4) is 0 Å². The zero-order valence-corrected chi connectivity index (χ0v) is 23.2. The Hall–Kier alpha value is -3.69. The molecule has 3 aromatic carbocycles. The van der Waals surface area contributed by atoms with Crippen LogP contribution in [0.3, 0.4) is 0 Å². The first kappa shape index (κ1) is 27.9. The van der Waals surface area contributed by atoms with Gasteiger partial charge in [-0.1, -0.05) is 52.7 Å². The SMILES string of the molecule is Cc1ccc(S(=O)(=O)n2cc(CCCCN3CCC(=C(c4ccc(F)cc4)c4ccc(F)cc4)CC3)nn2)cc1. The van der Waals surface area contributed by atoms with Crippen LogP contribution in [-0.4, -0.2) is 47.4 Å². The monoisotopic (exact) mass is 562 g/mol. The quantitative estimate of drug-likeness (QED) is 0.233. The molecule has 40 heavy (non-hydrogen) atoms. The van der Waals surface area contributed by atoms with Gasteiger partial charge in [0.2, 0.25) is 0 Å². The van der Waals surface area contributed by atoms with Crippen LogP contribution in [0.4, 0.5) is 8.78 Å². The van der Waals surface area contributed by atoms with Crippen molar-refractivity contribution >= 4 is 15.6 Å². The molecule has 0 N–H and O–H groups in total. The number of unbranched alkanes of at least 4 members (excludes halogenated alkanes) is 1. The van der Waals surface area contributed by atoms with Gasteiger partial charge in [0.1, 0.15) is 11.6 Å². The third-order valence-electron chi connectivity index (χ3n) is 7.32. The van der Waals surface area contributed by atoms with E-state index in [9.17, 15) is 17.2 Å². The summed E-state index contributed by atoms with van der Waals surface area (Å²) in [7, 11) is -3.75. The van der Waals surface area contributed by atoms with Gasteiger partial charge in [-0.25, -0.2) is 8.78 Å². The Balaban J connectivity index is 1.16. The first-order chi connectivity index (χ1) is 19.3. The highest BCUT2D eigenvalue weighted by Crippen LogP contribution is 2.32. The zero-order valence-electron chi connectivity index (χ0n) is 22.4. The Labute approximate surface area is 234 Å². The number of aryl methyl sites for hydroxylation is 2. The van der Waals surface area contributed by atoms with E-state index in [2.05, 4.69) is 15.2 Å². The molecule has 1 saturated heterocycles. The lowest BCUT2D eigenvalue weighted by atomic mass is 9.88. The third-order valence-corrected chi connectivity index (χ3v) is 8.86. The van der Waals surface area contributed by atoms with Gasteiger partial charge in [0.05, 0.1) is 16.8 Å². The van der Waals surface area contributed by atoms with E-state index in [-0.39, 0.29) is 16.5 Å². The fraction of sp³-hybridized carbons (Fsp3) is 0.290. The zero-order chi connectivity index (χ0) is 28.1. The van der Waals surface area contributed by atoms with E-state index in [1.165, 1.54) is 36.0 Å². The molecule has 208 valence electrons. The molecule has 0 aliphatic carbocycles. The van der Waals surface area contributed by atoms with Crippen molar-refractivity contribution in [3.05, 3.63) is 119 Å². The smallest absolute Gasteiger partial charge is 0.284 e. The van der Waals surface area contributed by atoms with Crippen molar-refractivity contribution in [2.45, 2.75) is 43.9 Å². The lowest BCUT2D eigenvalue weighted by molar-refractivity contribution is 0.252. The molecule has 4 aromatic rings. The van der Waals surface area contributed by atoms with Gasteiger partial charge in [0, 0.05) is 13.1 Å².